The highest BCUT2D eigenvalue weighted by atomic mass is 15.1. The van der Waals surface area contributed by atoms with E-state index in [1.807, 2.05) is 0 Å². The number of benzene rings is 7. The molecule has 2 aliphatic rings. The molecule has 1 heteroatoms. The van der Waals surface area contributed by atoms with Crippen LogP contribution in [0.1, 0.15) is 48.9 Å². The number of rotatable bonds is 5. The quantitative estimate of drug-likeness (QED) is 0.186. The molecule has 0 aliphatic heterocycles. The molecule has 9 rings (SSSR count). The Kier molecular flexibility index (Phi) is 6.83. The van der Waals surface area contributed by atoms with E-state index in [9.17, 15) is 0 Å². The van der Waals surface area contributed by atoms with Crippen molar-refractivity contribution >= 4 is 27.8 Å². The summed E-state index contributed by atoms with van der Waals surface area (Å²) in [6, 6.07) is 56.5. The Morgan fingerprint density at radius 1 is 0.458 bits per heavy atom. The first-order valence-corrected chi connectivity index (χ1v) is 17.4. The highest BCUT2D eigenvalue weighted by Crippen LogP contribution is 2.53. The van der Waals surface area contributed by atoms with E-state index in [1.54, 1.807) is 5.56 Å². The van der Waals surface area contributed by atoms with Crippen LogP contribution in [0.25, 0.3) is 44.2 Å². The number of anilines is 3. The molecule has 2 aliphatic carbocycles. The Balaban J connectivity index is 1.27. The molecule has 7 aromatic rings. The molecule has 0 saturated heterocycles. The number of hydrogen-bond donors (Lipinski definition) is 0. The normalized spacial score (nSPS) is 14.3. The maximum atomic E-state index is 2.48. The van der Waals surface area contributed by atoms with Gasteiger partial charge in [-0.2, -0.15) is 0 Å². The van der Waals surface area contributed by atoms with E-state index in [2.05, 4.69) is 170 Å². The lowest BCUT2D eigenvalue weighted by Gasteiger charge is -2.30. The zero-order chi connectivity index (χ0) is 32.2. The Hall–Kier alpha value is -5.40. The van der Waals surface area contributed by atoms with Crippen molar-refractivity contribution in [3.63, 3.8) is 0 Å². The van der Waals surface area contributed by atoms with Crippen LogP contribution in [0.3, 0.4) is 0 Å². The molecule has 0 radical (unpaired) electrons. The largest absolute Gasteiger partial charge is 0.310 e. The average Bonchev–Trinajstić information content (AvgIpc) is 3.37. The molecule has 232 valence electrons. The average molecular weight is 618 g/mol. The van der Waals surface area contributed by atoms with Crippen molar-refractivity contribution in [1.82, 2.24) is 0 Å². The van der Waals surface area contributed by atoms with E-state index in [0.717, 1.165) is 11.4 Å². The monoisotopic (exact) mass is 617 g/mol. The minimum atomic E-state index is -0.110. The molecule has 0 N–H and O–H groups in total. The predicted molar refractivity (Wildman–Crippen MR) is 204 cm³/mol. The fraction of sp³-hybridized carbons (Fsp3) is 0.149. The third-order valence-electron chi connectivity index (χ3n) is 10.8. The molecular weight excluding hydrogens is 579 g/mol. The standard InChI is InChI=1S/C47H39N/c1-47(2)44-22-11-10-20-41(44)43-30-42(35-25-23-34(24-26-35)40-21-12-16-33-14-8-9-19-39(33)40)46(31-45(43)47)48(37-17-4-3-5-18-37)38-28-27-32-13-6-7-15-36(32)29-38/h3-7,10-13,15-18,20-31H,8-9,14,19H2,1-2H3. The van der Waals surface area contributed by atoms with Crippen LogP contribution in [0.15, 0.2) is 152 Å². The number of para-hydroxylation sites is 1. The van der Waals surface area contributed by atoms with E-state index < -0.39 is 0 Å². The van der Waals surface area contributed by atoms with Crippen LogP contribution in [0.5, 0.6) is 0 Å². The maximum absolute atomic E-state index is 2.48. The summed E-state index contributed by atoms with van der Waals surface area (Å²) in [7, 11) is 0. The fourth-order valence-electron chi connectivity index (χ4n) is 8.35. The predicted octanol–water partition coefficient (Wildman–Crippen LogP) is 12.8. The van der Waals surface area contributed by atoms with Gasteiger partial charge in [0.05, 0.1) is 5.69 Å². The molecule has 0 atom stereocenters. The van der Waals surface area contributed by atoms with Gasteiger partial charge in [-0.3, -0.25) is 0 Å². The molecule has 0 aromatic heterocycles. The van der Waals surface area contributed by atoms with Gasteiger partial charge < -0.3 is 4.90 Å². The molecule has 1 nitrogen and oxygen atoms in total. The zero-order valence-electron chi connectivity index (χ0n) is 27.7. The van der Waals surface area contributed by atoms with Gasteiger partial charge in [0.15, 0.2) is 0 Å². The summed E-state index contributed by atoms with van der Waals surface area (Å²) >= 11 is 0. The molecule has 0 spiro atoms. The first kappa shape index (κ1) is 28.8. The Morgan fingerprint density at radius 2 is 1.15 bits per heavy atom. The maximum Gasteiger partial charge on any atom is 0.0543 e. The van der Waals surface area contributed by atoms with Crippen LogP contribution >= 0.6 is 0 Å². The second-order valence-corrected chi connectivity index (χ2v) is 14.0. The summed E-state index contributed by atoms with van der Waals surface area (Å²) < 4.78 is 0. The van der Waals surface area contributed by atoms with Crippen molar-refractivity contribution in [3.05, 3.63) is 174 Å². The summed E-state index contributed by atoms with van der Waals surface area (Å²) in [4.78, 5) is 2.46. The van der Waals surface area contributed by atoms with E-state index in [1.165, 1.54) is 92.2 Å². The van der Waals surface area contributed by atoms with E-state index in [4.69, 9.17) is 0 Å². The zero-order valence-corrected chi connectivity index (χ0v) is 27.7. The van der Waals surface area contributed by atoms with Gasteiger partial charge in [0.25, 0.3) is 0 Å². The van der Waals surface area contributed by atoms with Crippen molar-refractivity contribution in [2.45, 2.75) is 44.9 Å². The summed E-state index contributed by atoms with van der Waals surface area (Å²) in [5.41, 5.74) is 17.1. The first-order valence-electron chi connectivity index (χ1n) is 17.4. The fourth-order valence-corrected chi connectivity index (χ4v) is 8.35. The Morgan fingerprint density at radius 3 is 1.98 bits per heavy atom. The van der Waals surface area contributed by atoms with Crippen LogP contribution < -0.4 is 4.90 Å². The summed E-state index contributed by atoms with van der Waals surface area (Å²) in [6.07, 6.45) is 4.95. The summed E-state index contributed by atoms with van der Waals surface area (Å²) in [5, 5.41) is 2.49. The Labute approximate surface area is 284 Å². The lowest BCUT2D eigenvalue weighted by Crippen LogP contribution is -2.17. The van der Waals surface area contributed by atoms with E-state index >= 15 is 0 Å². The van der Waals surface area contributed by atoms with Gasteiger partial charge in [-0.05, 0) is 123 Å². The molecular formula is C47H39N. The van der Waals surface area contributed by atoms with Crippen LogP contribution in [0.4, 0.5) is 17.1 Å². The van der Waals surface area contributed by atoms with Crippen LogP contribution in [-0.2, 0) is 18.3 Å². The molecule has 0 amide bonds. The number of hydrogen-bond acceptors (Lipinski definition) is 1. The van der Waals surface area contributed by atoms with Gasteiger partial charge in [0.1, 0.15) is 0 Å². The highest BCUT2D eigenvalue weighted by Gasteiger charge is 2.37. The summed E-state index contributed by atoms with van der Waals surface area (Å²) in [5.74, 6) is 0. The lowest BCUT2D eigenvalue weighted by molar-refractivity contribution is 0.660. The SMILES string of the molecule is CC1(C)c2ccccc2-c2cc(-c3ccc(-c4cccc5c4CCCC5)cc3)c(N(c3ccccc3)c3ccc4ccccc4c3)cc21. The number of nitrogens with zero attached hydrogens (tertiary/aromatic N) is 1. The molecule has 0 heterocycles. The van der Waals surface area contributed by atoms with Gasteiger partial charge in [-0.25, -0.2) is 0 Å². The minimum absolute atomic E-state index is 0.110. The third-order valence-corrected chi connectivity index (χ3v) is 10.8. The highest BCUT2D eigenvalue weighted by molar-refractivity contribution is 5.96. The second kappa shape index (κ2) is 11.4. The molecule has 0 unspecified atom stereocenters. The summed E-state index contributed by atoms with van der Waals surface area (Å²) in [6.45, 7) is 4.75. The molecule has 0 bridgehead atoms. The van der Waals surface area contributed by atoms with Crippen LogP contribution in [-0.4, -0.2) is 0 Å². The van der Waals surface area contributed by atoms with E-state index in [0.29, 0.717) is 0 Å². The third kappa shape index (κ3) is 4.68. The first-order chi connectivity index (χ1) is 23.6. The van der Waals surface area contributed by atoms with Crippen molar-refractivity contribution in [1.29, 1.82) is 0 Å². The van der Waals surface area contributed by atoms with E-state index in [-0.39, 0.29) is 5.41 Å². The van der Waals surface area contributed by atoms with Crippen molar-refractivity contribution < 1.29 is 0 Å². The van der Waals surface area contributed by atoms with Gasteiger partial charge in [-0.15, -0.1) is 0 Å². The van der Waals surface area contributed by atoms with Gasteiger partial charge in [0, 0.05) is 22.4 Å². The molecule has 0 fully saturated rings. The lowest BCUT2D eigenvalue weighted by atomic mass is 9.81. The Bertz CT molecular complexity index is 2310. The van der Waals surface area contributed by atoms with Crippen LogP contribution in [0, 0.1) is 0 Å². The minimum Gasteiger partial charge on any atom is -0.310 e. The number of aryl methyl sites for hydroxylation is 1. The van der Waals surface area contributed by atoms with Crippen molar-refractivity contribution in [2.75, 3.05) is 4.90 Å². The number of fused-ring (bicyclic) bond motifs is 5. The van der Waals surface area contributed by atoms with Gasteiger partial charge in [0.2, 0.25) is 0 Å². The molecule has 0 saturated carbocycles. The van der Waals surface area contributed by atoms with Gasteiger partial charge >= 0.3 is 0 Å². The van der Waals surface area contributed by atoms with Gasteiger partial charge in [-0.1, -0.05) is 129 Å². The smallest absolute Gasteiger partial charge is 0.0543 e. The molecule has 48 heavy (non-hydrogen) atoms. The van der Waals surface area contributed by atoms with Crippen LogP contribution in [0.2, 0.25) is 0 Å². The molecule has 7 aromatic carbocycles. The second-order valence-electron chi connectivity index (χ2n) is 14.0. The van der Waals surface area contributed by atoms with Crippen molar-refractivity contribution in [3.8, 4) is 33.4 Å². The topological polar surface area (TPSA) is 3.24 Å². The van der Waals surface area contributed by atoms with Crippen molar-refractivity contribution in [2.24, 2.45) is 0 Å².